The second kappa shape index (κ2) is 4.32. The fourth-order valence-electron chi connectivity index (χ4n) is 1.88. The van der Waals surface area contributed by atoms with Crippen molar-refractivity contribution in [2.75, 3.05) is 0 Å². The molecular weight excluding hydrogens is 250 g/mol. The zero-order valence-corrected chi connectivity index (χ0v) is 11.7. The van der Waals surface area contributed by atoms with Gasteiger partial charge in [0.05, 0.1) is 5.52 Å². The minimum absolute atomic E-state index is 0.378. The summed E-state index contributed by atoms with van der Waals surface area (Å²) in [6.45, 7) is 7.40. The number of nitrogens with zero attached hydrogens (tertiary/aromatic N) is 1. The van der Waals surface area contributed by atoms with Crippen LogP contribution in [-0.2, 0) is 4.74 Å². The molecule has 0 N–H and O–H groups in total. The SMILES string of the molecule is Cc1cc2c(Cl)cccc2n1C(=O)OC(C)(C)C. The first kappa shape index (κ1) is 13.0. The van der Waals surface area contributed by atoms with Crippen LogP contribution in [0, 0.1) is 6.92 Å². The van der Waals surface area contributed by atoms with Crippen molar-refractivity contribution in [3.8, 4) is 0 Å². The molecule has 0 radical (unpaired) electrons. The molecule has 2 aromatic rings. The van der Waals surface area contributed by atoms with E-state index in [4.69, 9.17) is 16.3 Å². The normalized spacial score (nSPS) is 11.8. The number of aryl methyl sites for hydroxylation is 1. The quantitative estimate of drug-likeness (QED) is 0.707. The molecule has 0 spiro atoms. The summed E-state index contributed by atoms with van der Waals surface area (Å²) in [5.74, 6) is 0. The van der Waals surface area contributed by atoms with Gasteiger partial charge in [-0.2, -0.15) is 0 Å². The molecule has 0 atom stereocenters. The Balaban J connectivity index is 2.54. The van der Waals surface area contributed by atoms with Crippen LogP contribution in [0.25, 0.3) is 10.9 Å². The van der Waals surface area contributed by atoms with Crippen LogP contribution in [0.2, 0.25) is 5.02 Å². The highest BCUT2D eigenvalue weighted by molar-refractivity contribution is 6.35. The van der Waals surface area contributed by atoms with Gasteiger partial charge in [0.1, 0.15) is 5.60 Å². The first-order chi connectivity index (χ1) is 8.29. The highest BCUT2D eigenvalue weighted by Gasteiger charge is 2.21. The van der Waals surface area contributed by atoms with Gasteiger partial charge < -0.3 is 4.74 Å². The first-order valence-corrected chi connectivity index (χ1v) is 6.17. The standard InChI is InChI=1S/C14H16ClNO2/c1-9-8-10-11(15)6-5-7-12(10)16(9)13(17)18-14(2,3)4/h5-8H,1-4H3. The molecule has 0 saturated carbocycles. The summed E-state index contributed by atoms with van der Waals surface area (Å²) in [5.41, 5.74) is 1.07. The Bertz CT molecular complexity index is 608. The number of rotatable bonds is 0. The van der Waals surface area contributed by atoms with Crippen LogP contribution in [0.5, 0.6) is 0 Å². The van der Waals surface area contributed by atoms with Gasteiger partial charge in [0.2, 0.25) is 0 Å². The molecule has 18 heavy (non-hydrogen) atoms. The largest absolute Gasteiger partial charge is 0.443 e. The van der Waals surface area contributed by atoms with Crippen LogP contribution < -0.4 is 0 Å². The summed E-state index contributed by atoms with van der Waals surface area (Å²) in [6, 6.07) is 7.38. The number of benzene rings is 1. The van der Waals surface area contributed by atoms with E-state index in [-0.39, 0.29) is 6.09 Å². The van der Waals surface area contributed by atoms with Crippen molar-refractivity contribution in [3.63, 3.8) is 0 Å². The summed E-state index contributed by atoms with van der Waals surface area (Å²) >= 11 is 6.11. The van der Waals surface area contributed by atoms with E-state index in [0.717, 1.165) is 16.6 Å². The predicted octanol–water partition coefficient (Wildman–Crippen LogP) is 4.39. The molecule has 3 nitrogen and oxygen atoms in total. The van der Waals surface area contributed by atoms with Crippen molar-refractivity contribution in [2.45, 2.75) is 33.3 Å². The van der Waals surface area contributed by atoms with Gasteiger partial charge in [0.25, 0.3) is 0 Å². The summed E-state index contributed by atoms with van der Waals surface area (Å²) in [4.78, 5) is 12.2. The zero-order valence-electron chi connectivity index (χ0n) is 11.0. The molecule has 1 aromatic carbocycles. The number of aromatic nitrogens is 1. The van der Waals surface area contributed by atoms with Crippen molar-refractivity contribution in [1.29, 1.82) is 0 Å². The number of carbonyl (C=O) groups excluding carboxylic acids is 1. The smallest absolute Gasteiger partial charge is 0.419 e. The minimum Gasteiger partial charge on any atom is -0.443 e. The Morgan fingerprint density at radius 3 is 2.61 bits per heavy atom. The lowest BCUT2D eigenvalue weighted by atomic mass is 10.2. The summed E-state index contributed by atoms with van der Waals surface area (Å²) < 4.78 is 6.94. The summed E-state index contributed by atoms with van der Waals surface area (Å²) in [6.07, 6.45) is -0.378. The average molecular weight is 266 g/mol. The van der Waals surface area contributed by atoms with E-state index >= 15 is 0 Å². The number of carbonyl (C=O) groups is 1. The fraction of sp³-hybridized carbons (Fsp3) is 0.357. The van der Waals surface area contributed by atoms with Crippen LogP contribution in [0.3, 0.4) is 0 Å². The van der Waals surface area contributed by atoms with Crippen LogP contribution in [0.15, 0.2) is 24.3 Å². The van der Waals surface area contributed by atoms with E-state index in [1.165, 1.54) is 0 Å². The lowest BCUT2D eigenvalue weighted by Crippen LogP contribution is -2.27. The molecule has 0 bridgehead atoms. The van der Waals surface area contributed by atoms with Gasteiger partial charge in [0.15, 0.2) is 0 Å². The van der Waals surface area contributed by atoms with E-state index in [0.29, 0.717) is 5.02 Å². The van der Waals surface area contributed by atoms with Gasteiger partial charge in [-0.25, -0.2) is 9.36 Å². The Kier molecular flexibility index (Phi) is 3.11. The maximum Gasteiger partial charge on any atom is 0.419 e. The van der Waals surface area contributed by atoms with Crippen molar-refractivity contribution < 1.29 is 9.53 Å². The number of ether oxygens (including phenoxy) is 1. The van der Waals surface area contributed by atoms with E-state index in [9.17, 15) is 4.79 Å². The highest BCUT2D eigenvalue weighted by atomic mass is 35.5. The Morgan fingerprint density at radius 1 is 1.33 bits per heavy atom. The van der Waals surface area contributed by atoms with E-state index in [2.05, 4.69) is 0 Å². The van der Waals surface area contributed by atoms with Gasteiger partial charge >= 0.3 is 6.09 Å². The second-order valence-corrected chi connectivity index (χ2v) is 5.68. The van der Waals surface area contributed by atoms with E-state index in [1.54, 1.807) is 4.57 Å². The molecular formula is C14H16ClNO2. The second-order valence-electron chi connectivity index (χ2n) is 5.27. The van der Waals surface area contributed by atoms with Crippen LogP contribution in [0.4, 0.5) is 4.79 Å². The van der Waals surface area contributed by atoms with Crippen LogP contribution in [0.1, 0.15) is 26.5 Å². The Morgan fingerprint density at radius 2 is 2.00 bits per heavy atom. The monoisotopic (exact) mass is 265 g/mol. The van der Waals surface area contributed by atoms with Gasteiger partial charge in [0, 0.05) is 16.1 Å². The number of hydrogen-bond donors (Lipinski definition) is 0. The molecule has 1 aromatic heterocycles. The molecule has 4 heteroatoms. The molecule has 0 aliphatic carbocycles. The van der Waals surface area contributed by atoms with E-state index < -0.39 is 5.60 Å². The predicted molar refractivity (Wildman–Crippen MR) is 73.3 cm³/mol. The zero-order chi connectivity index (χ0) is 13.5. The molecule has 0 amide bonds. The molecule has 1 heterocycles. The first-order valence-electron chi connectivity index (χ1n) is 5.79. The summed E-state index contributed by atoms with van der Waals surface area (Å²) in [5, 5.41) is 1.50. The van der Waals surface area contributed by atoms with E-state index in [1.807, 2.05) is 52.0 Å². The lowest BCUT2D eigenvalue weighted by molar-refractivity contribution is 0.0542. The van der Waals surface area contributed by atoms with Gasteiger partial charge in [-0.3, -0.25) is 0 Å². The van der Waals surface area contributed by atoms with Crippen LogP contribution >= 0.6 is 11.6 Å². The Hall–Kier alpha value is -1.48. The molecule has 0 aliphatic heterocycles. The Labute approximate surface area is 111 Å². The maximum absolute atomic E-state index is 12.2. The molecule has 0 fully saturated rings. The number of fused-ring (bicyclic) bond motifs is 1. The molecule has 96 valence electrons. The highest BCUT2D eigenvalue weighted by Crippen LogP contribution is 2.27. The van der Waals surface area contributed by atoms with Gasteiger partial charge in [-0.05, 0) is 45.9 Å². The van der Waals surface area contributed by atoms with Crippen molar-refractivity contribution >= 4 is 28.6 Å². The maximum atomic E-state index is 12.2. The molecule has 0 unspecified atom stereocenters. The van der Waals surface area contributed by atoms with Crippen LogP contribution in [-0.4, -0.2) is 16.3 Å². The fourth-order valence-corrected chi connectivity index (χ4v) is 2.10. The topological polar surface area (TPSA) is 31.2 Å². The van der Waals surface area contributed by atoms with Crippen molar-refractivity contribution in [2.24, 2.45) is 0 Å². The van der Waals surface area contributed by atoms with Crippen molar-refractivity contribution in [1.82, 2.24) is 4.57 Å². The molecule has 0 aliphatic rings. The number of hydrogen-bond acceptors (Lipinski definition) is 2. The minimum atomic E-state index is -0.515. The average Bonchev–Trinajstić information content (AvgIpc) is 2.53. The van der Waals surface area contributed by atoms with Gasteiger partial charge in [-0.15, -0.1) is 0 Å². The lowest BCUT2D eigenvalue weighted by Gasteiger charge is -2.20. The number of halogens is 1. The third kappa shape index (κ3) is 2.36. The van der Waals surface area contributed by atoms with Gasteiger partial charge in [-0.1, -0.05) is 17.7 Å². The van der Waals surface area contributed by atoms with Crippen molar-refractivity contribution in [3.05, 3.63) is 35.0 Å². The molecule has 0 saturated heterocycles. The molecule has 2 rings (SSSR count). The third-order valence-electron chi connectivity index (χ3n) is 2.55. The third-order valence-corrected chi connectivity index (χ3v) is 2.88. The summed E-state index contributed by atoms with van der Waals surface area (Å²) in [7, 11) is 0.